The summed E-state index contributed by atoms with van der Waals surface area (Å²) in [4.78, 5) is 2.41. The number of para-hydroxylation sites is 2. The molecule has 0 spiro atoms. The maximum Gasteiger partial charge on any atom is 0.135 e. The minimum absolute atomic E-state index is 0.907. The minimum atomic E-state index is 0.907. The van der Waals surface area contributed by atoms with Crippen molar-refractivity contribution in [3.63, 3.8) is 0 Å². The molecule has 0 fully saturated rings. The molecule has 0 radical (unpaired) electrons. The predicted octanol–water partition coefficient (Wildman–Crippen LogP) is 14.6. The second-order valence-corrected chi connectivity index (χ2v) is 14.2. The van der Waals surface area contributed by atoms with Crippen LogP contribution in [0.3, 0.4) is 0 Å². The van der Waals surface area contributed by atoms with Gasteiger partial charge in [-0.05, 0) is 100 Å². The van der Waals surface area contributed by atoms with Crippen LogP contribution in [-0.4, -0.2) is 4.57 Å². The Hall–Kier alpha value is -7.36. The highest BCUT2D eigenvalue weighted by Gasteiger charge is 2.20. The van der Waals surface area contributed by atoms with Crippen molar-refractivity contribution in [1.82, 2.24) is 4.57 Å². The van der Waals surface area contributed by atoms with E-state index in [9.17, 15) is 0 Å². The number of rotatable bonds is 6. The van der Waals surface area contributed by atoms with Gasteiger partial charge in [0.25, 0.3) is 0 Å². The van der Waals surface area contributed by atoms with Gasteiger partial charge in [0.1, 0.15) is 11.2 Å². The molecule has 0 N–H and O–H groups in total. The Kier molecular flexibility index (Phi) is 7.17. The van der Waals surface area contributed by atoms with Gasteiger partial charge in [0.05, 0.1) is 16.7 Å². The van der Waals surface area contributed by atoms with E-state index in [0.717, 1.165) is 50.2 Å². The Bertz CT molecular complexity index is 3200. The number of nitrogens with zero attached hydrogens (tertiary/aromatic N) is 2. The number of hydrogen-bond acceptors (Lipinski definition) is 2. The van der Waals surface area contributed by atoms with Crippen LogP contribution in [0, 0.1) is 0 Å². The van der Waals surface area contributed by atoms with Gasteiger partial charge in [-0.15, -0.1) is 0 Å². The van der Waals surface area contributed by atoms with Crippen molar-refractivity contribution >= 4 is 71.6 Å². The van der Waals surface area contributed by atoms with E-state index in [4.69, 9.17) is 4.42 Å². The minimum Gasteiger partial charge on any atom is -0.456 e. The molecule has 3 heteroatoms. The van der Waals surface area contributed by atoms with Gasteiger partial charge < -0.3 is 13.9 Å². The van der Waals surface area contributed by atoms with Crippen LogP contribution in [-0.2, 0) is 0 Å². The van der Waals surface area contributed by atoms with Crippen LogP contribution in [0.15, 0.2) is 211 Å². The van der Waals surface area contributed by atoms with Gasteiger partial charge >= 0.3 is 0 Å². The Labute approximate surface area is 318 Å². The molecule has 11 rings (SSSR count). The number of aromatic nitrogens is 1. The fourth-order valence-corrected chi connectivity index (χ4v) is 8.37. The smallest absolute Gasteiger partial charge is 0.135 e. The zero-order chi connectivity index (χ0) is 36.3. The first kappa shape index (κ1) is 31.2. The van der Waals surface area contributed by atoms with Crippen LogP contribution < -0.4 is 4.90 Å². The molecule has 258 valence electrons. The third-order valence-corrected chi connectivity index (χ3v) is 11.0. The van der Waals surface area contributed by atoms with Crippen molar-refractivity contribution in [1.29, 1.82) is 0 Å². The molecule has 3 nitrogen and oxygen atoms in total. The zero-order valence-corrected chi connectivity index (χ0v) is 29.9. The lowest BCUT2D eigenvalue weighted by Crippen LogP contribution is -2.10. The third kappa shape index (κ3) is 5.20. The van der Waals surface area contributed by atoms with E-state index in [1.807, 2.05) is 12.1 Å². The first-order chi connectivity index (χ1) is 27.3. The maximum atomic E-state index is 6.16. The SMILES string of the molecule is c1ccc(-c2cccc(N(c3ccc4c5cc(-c6ccc7oc8ccccc8c7c6)ccc5n(-c5ccccc5)c4c3)c3cccc4ccccc34)c2)cc1. The van der Waals surface area contributed by atoms with Gasteiger partial charge in [-0.1, -0.05) is 133 Å². The summed E-state index contributed by atoms with van der Waals surface area (Å²) in [5.74, 6) is 0. The molecule has 0 aliphatic carbocycles. The van der Waals surface area contributed by atoms with Gasteiger partial charge in [-0.25, -0.2) is 0 Å². The summed E-state index contributed by atoms with van der Waals surface area (Å²) in [5.41, 5.74) is 13.3. The molecular formula is C52H34N2O. The highest BCUT2D eigenvalue weighted by atomic mass is 16.3. The lowest BCUT2D eigenvalue weighted by atomic mass is 10.0. The highest BCUT2D eigenvalue weighted by molar-refractivity contribution is 6.13. The quantitative estimate of drug-likeness (QED) is 0.172. The number of furan rings is 1. The molecule has 0 aliphatic rings. The van der Waals surface area contributed by atoms with Crippen LogP contribution >= 0.6 is 0 Å². The van der Waals surface area contributed by atoms with Crippen LogP contribution in [0.4, 0.5) is 17.1 Å². The summed E-state index contributed by atoms with van der Waals surface area (Å²) in [7, 11) is 0. The van der Waals surface area contributed by atoms with E-state index >= 15 is 0 Å². The van der Waals surface area contributed by atoms with Crippen molar-refractivity contribution in [3.05, 3.63) is 206 Å². The van der Waals surface area contributed by atoms with Crippen LogP contribution in [0.2, 0.25) is 0 Å². The van der Waals surface area contributed by atoms with Crippen LogP contribution in [0.1, 0.15) is 0 Å². The van der Waals surface area contributed by atoms with E-state index in [2.05, 4.69) is 204 Å². The molecule has 0 aliphatic heterocycles. The fraction of sp³-hybridized carbons (Fsp3) is 0. The second kappa shape index (κ2) is 12.6. The molecule has 2 heterocycles. The van der Waals surface area contributed by atoms with Gasteiger partial charge in [-0.2, -0.15) is 0 Å². The number of benzene rings is 9. The third-order valence-electron chi connectivity index (χ3n) is 11.0. The molecule has 0 atom stereocenters. The highest BCUT2D eigenvalue weighted by Crippen LogP contribution is 2.43. The summed E-state index contributed by atoms with van der Waals surface area (Å²) in [6, 6.07) is 74.1. The van der Waals surface area contributed by atoms with Crippen molar-refractivity contribution in [2.75, 3.05) is 4.90 Å². The van der Waals surface area contributed by atoms with Crippen LogP contribution in [0.25, 0.3) is 82.5 Å². The topological polar surface area (TPSA) is 21.3 Å². The monoisotopic (exact) mass is 702 g/mol. The summed E-state index contributed by atoms with van der Waals surface area (Å²) < 4.78 is 8.57. The molecule has 0 saturated heterocycles. The van der Waals surface area contributed by atoms with E-state index in [1.165, 1.54) is 49.3 Å². The van der Waals surface area contributed by atoms with E-state index in [1.54, 1.807) is 0 Å². The van der Waals surface area contributed by atoms with E-state index in [0.29, 0.717) is 0 Å². The van der Waals surface area contributed by atoms with Crippen molar-refractivity contribution in [2.45, 2.75) is 0 Å². The van der Waals surface area contributed by atoms with E-state index in [-0.39, 0.29) is 0 Å². The molecule has 0 bridgehead atoms. The zero-order valence-electron chi connectivity index (χ0n) is 29.9. The lowest BCUT2D eigenvalue weighted by molar-refractivity contribution is 0.669. The molecule has 9 aromatic carbocycles. The number of hydrogen-bond donors (Lipinski definition) is 0. The summed E-state index contributed by atoms with van der Waals surface area (Å²) in [6.07, 6.45) is 0. The van der Waals surface area contributed by atoms with Gasteiger partial charge in [0, 0.05) is 44.0 Å². The van der Waals surface area contributed by atoms with Crippen LogP contribution in [0.5, 0.6) is 0 Å². The Morgan fingerprint density at radius 1 is 0.345 bits per heavy atom. The lowest BCUT2D eigenvalue weighted by Gasteiger charge is -2.27. The molecule has 0 unspecified atom stereocenters. The largest absolute Gasteiger partial charge is 0.456 e. The van der Waals surface area contributed by atoms with E-state index < -0.39 is 0 Å². The summed E-state index contributed by atoms with van der Waals surface area (Å²) in [5, 5.41) is 7.09. The summed E-state index contributed by atoms with van der Waals surface area (Å²) >= 11 is 0. The summed E-state index contributed by atoms with van der Waals surface area (Å²) in [6.45, 7) is 0. The Morgan fingerprint density at radius 2 is 0.982 bits per heavy atom. The van der Waals surface area contributed by atoms with Gasteiger partial charge in [0.15, 0.2) is 0 Å². The standard InChI is InChI=1S/C52H34N2O/c1-3-13-35(14-4-1)37-17-11-20-41(31-37)53(48-23-12-16-36-15-7-8-21-43(36)48)42-27-28-44-46-32-38(25-29-49(46)54(50(44)34-42)40-18-5-2-6-19-40)39-26-30-52-47(33-39)45-22-9-10-24-51(45)55-52/h1-34H. The average molecular weight is 703 g/mol. The molecule has 0 saturated carbocycles. The van der Waals surface area contributed by atoms with Gasteiger partial charge in [-0.3, -0.25) is 0 Å². The van der Waals surface area contributed by atoms with Gasteiger partial charge in [0.2, 0.25) is 0 Å². The van der Waals surface area contributed by atoms with Crippen molar-refractivity contribution in [3.8, 4) is 27.9 Å². The average Bonchev–Trinajstić information content (AvgIpc) is 3.79. The Balaban J connectivity index is 1.14. The first-order valence-electron chi connectivity index (χ1n) is 18.8. The molecule has 2 aromatic heterocycles. The number of fused-ring (bicyclic) bond motifs is 7. The Morgan fingerprint density at radius 3 is 1.85 bits per heavy atom. The fourth-order valence-electron chi connectivity index (χ4n) is 8.37. The number of anilines is 3. The molecular weight excluding hydrogens is 669 g/mol. The van der Waals surface area contributed by atoms with Crippen molar-refractivity contribution in [2.24, 2.45) is 0 Å². The second-order valence-electron chi connectivity index (χ2n) is 14.2. The first-order valence-corrected chi connectivity index (χ1v) is 18.8. The molecule has 11 aromatic rings. The van der Waals surface area contributed by atoms with Crippen molar-refractivity contribution < 1.29 is 4.42 Å². The maximum absolute atomic E-state index is 6.16. The molecule has 55 heavy (non-hydrogen) atoms. The molecule has 0 amide bonds. The normalized spacial score (nSPS) is 11.6. The predicted molar refractivity (Wildman–Crippen MR) is 231 cm³/mol.